The fourth-order valence-corrected chi connectivity index (χ4v) is 4.92. The summed E-state index contributed by atoms with van der Waals surface area (Å²) in [6.45, 7) is 0. The van der Waals surface area contributed by atoms with Crippen LogP contribution >= 0.6 is 0 Å². The van der Waals surface area contributed by atoms with E-state index in [1.54, 1.807) is 30.0 Å². The summed E-state index contributed by atoms with van der Waals surface area (Å²) in [6, 6.07) is 8.37. The minimum absolute atomic E-state index is 0.114. The number of nitrogens with one attached hydrogen (secondary N) is 1. The zero-order valence-electron chi connectivity index (χ0n) is 22.4. The van der Waals surface area contributed by atoms with Crippen molar-refractivity contribution in [3.05, 3.63) is 58.0 Å². The number of phenols is 2. The third kappa shape index (κ3) is 6.18. The van der Waals surface area contributed by atoms with Crippen LogP contribution in [0.4, 0.5) is 5.69 Å². The van der Waals surface area contributed by atoms with Crippen molar-refractivity contribution < 1.29 is 24.9 Å². The molecule has 5 rings (SSSR count). The van der Waals surface area contributed by atoms with Crippen LogP contribution in [-0.2, 0) is 18.3 Å². The Balaban J connectivity index is 0.000000224. The highest BCUT2D eigenvalue weighted by atomic mass is 16.5. The van der Waals surface area contributed by atoms with E-state index in [4.69, 9.17) is 31.5 Å². The molecular weight excluding hydrogens is 516 g/mol. The van der Waals surface area contributed by atoms with Crippen LogP contribution in [-0.4, -0.2) is 54.2 Å². The molecular formula is C28H34N6O6. The number of ether oxygens (including phenoxy) is 1. The lowest BCUT2D eigenvalue weighted by atomic mass is 9.86. The molecule has 0 saturated heterocycles. The summed E-state index contributed by atoms with van der Waals surface area (Å²) < 4.78 is 7.11. The summed E-state index contributed by atoms with van der Waals surface area (Å²) in [5, 5.41) is 31.9. The van der Waals surface area contributed by atoms with E-state index in [0.29, 0.717) is 45.3 Å². The molecule has 4 aromatic rings. The van der Waals surface area contributed by atoms with Gasteiger partial charge in [-0.2, -0.15) is 5.10 Å². The molecule has 212 valence electrons. The molecule has 0 spiro atoms. The van der Waals surface area contributed by atoms with Gasteiger partial charge in [-0.15, -0.1) is 0 Å². The van der Waals surface area contributed by atoms with Gasteiger partial charge in [0.1, 0.15) is 23.0 Å². The van der Waals surface area contributed by atoms with Crippen molar-refractivity contribution in [1.29, 1.82) is 0 Å². The number of rotatable bonds is 6. The number of carboxylic acid groups (broad SMARTS) is 1. The molecule has 12 nitrogen and oxygen atoms in total. The number of phenolic OH excluding ortho intramolecular Hbond substituents is 2. The lowest BCUT2D eigenvalue weighted by Gasteiger charge is -2.19. The van der Waals surface area contributed by atoms with Crippen LogP contribution in [0, 0.1) is 0 Å². The van der Waals surface area contributed by atoms with Gasteiger partial charge in [-0.25, -0.2) is 9.67 Å². The van der Waals surface area contributed by atoms with Gasteiger partial charge >= 0.3 is 5.97 Å². The summed E-state index contributed by atoms with van der Waals surface area (Å²) in [7, 11) is 3.41. The number of carboxylic acids is 1. The van der Waals surface area contributed by atoms with E-state index in [2.05, 4.69) is 15.1 Å². The predicted molar refractivity (Wildman–Crippen MR) is 150 cm³/mol. The fraction of sp³-hybridized carbons (Fsp3) is 0.357. The first-order valence-corrected chi connectivity index (χ1v) is 13.0. The summed E-state index contributed by atoms with van der Waals surface area (Å²) in [4.78, 5) is 30.9. The number of benzene rings is 2. The van der Waals surface area contributed by atoms with E-state index >= 15 is 0 Å². The fourth-order valence-electron chi connectivity index (χ4n) is 4.92. The van der Waals surface area contributed by atoms with E-state index in [9.17, 15) is 9.59 Å². The second-order valence-corrected chi connectivity index (χ2v) is 9.89. The van der Waals surface area contributed by atoms with Crippen molar-refractivity contribution in [2.45, 2.75) is 50.5 Å². The summed E-state index contributed by atoms with van der Waals surface area (Å²) >= 11 is 0. The number of nitrogens with two attached hydrogens (primary N) is 2. The number of nitrogen functional groups attached to an aromatic ring is 1. The van der Waals surface area contributed by atoms with E-state index < -0.39 is 12.0 Å². The predicted octanol–water partition coefficient (Wildman–Crippen LogP) is 3.01. The van der Waals surface area contributed by atoms with Crippen molar-refractivity contribution in [2.75, 3.05) is 12.8 Å². The first-order valence-electron chi connectivity index (χ1n) is 13.0. The monoisotopic (exact) mass is 550 g/mol. The number of fused-ring (bicyclic) bond motifs is 1. The van der Waals surface area contributed by atoms with Gasteiger partial charge in [0.2, 0.25) is 0 Å². The maximum atomic E-state index is 12.9. The molecule has 1 saturated carbocycles. The highest BCUT2D eigenvalue weighted by Gasteiger charge is 2.25. The van der Waals surface area contributed by atoms with E-state index in [1.165, 1.54) is 37.5 Å². The number of hydrogen-bond donors (Lipinski definition) is 6. The first-order chi connectivity index (χ1) is 19.1. The van der Waals surface area contributed by atoms with Crippen LogP contribution in [0.25, 0.3) is 22.4 Å². The molecule has 1 aliphatic rings. The molecule has 8 N–H and O–H groups in total. The smallest absolute Gasteiger partial charge is 0.320 e. The minimum Gasteiger partial charge on any atom is -0.504 e. The largest absolute Gasteiger partial charge is 0.504 e. The Bertz CT molecular complexity index is 1570. The van der Waals surface area contributed by atoms with Crippen LogP contribution in [0.1, 0.15) is 49.3 Å². The van der Waals surface area contributed by atoms with Crippen molar-refractivity contribution in [3.63, 3.8) is 0 Å². The Labute approximate surface area is 230 Å². The van der Waals surface area contributed by atoms with Crippen molar-refractivity contribution in [3.8, 4) is 28.6 Å². The van der Waals surface area contributed by atoms with Gasteiger partial charge in [-0.3, -0.25) is 9.59 Å². The van der Waals surface area contributed by atoms with Crippen molar-refractivity contribution in [1.82, 2.24) is 19.7 Å². The van der Waals surface area contributed by atoms with Crippen LogP contribution < -0.4 is 21.8 Å². The van der Waals surface area contributed by atoms with Crippen LogP contribution in [0.2, 0.25) is 0 Å². The van der Waals surface area contributed by atoms with Crippen molar-refractivity contribution >= 4 is 22.7 Å². The molecule has 0 radical (unpaired) electrons. The average molecular weight is 551 g/mol. The van der Waals surface area contributed by atoms with Gasteiger partial charge in [-0.1, -0.05) is 25.3 Å². The molecule has 2 heterocycles. The summed E-state index contributed by atoms with van der Waals surface area (Å²) in [6.07, 6.45) is 5.92. The number of methoxy groups -OCH3 is 1. The summed E-state index contributed by atoms with van der Waals surface area (Å²) in [5.41, 5.74) is 14.3. The molecule has 2 aromatic carbocycles. The highest BCUT2D eigenvalue weighted by Crippen LogP contribution is 2.35. The van der Waals surface area contributed by atoms with Gasteiger partial charge in [0, 0.05) is 24.7 Å². The lowest BCUT2D eigenvalue weighted by Crippen LogP contribution is -2.32. The molecule has 0 aliphatic heterocycles. The number of aromatic hydroxyl groups is 2. The number of aromatic amines is 1. The Morgan fingerprint density at radius 1 is 1.15 bits per heavy atom. The Morgan fingerprint density at radius 2 is 1.88 bits per heavy atom. The third-order valence-corrected chi connectivity index (χ3v) is 7.01. The van der Waals surface area contributed by atoms with E-state index in [0.717, 1.165) is 18.5 Å². The molecule has 40 heavy (non-hydrogen) atoms. The topological polar surface area (TPSA) is 203 Å². The quantitative estimate of drug-likeness (QED) is 0.153. The van der Waals surface area contributed by atoms with Gasteiger partial charge in [0.25, 0.3) is 5.56 Å². The van der Waals surface area contributed by atoms with Crippen LogP contribution in [0.15, 0.2) is 41.2 Å². The number of aryl methyl sites for hydroxylation is 1. The molecule has 0 bridgehead atoms. The van der Waals surface area contributed by atoms with E-state index in [-0.39, 0.29) is 23.5 Å². The number of H-pyrrole nitrogens is 1. The van der Waals surface area contributed by atoms with Gasteiger partial charge in [0.05, 0.1) is 18.4 Å². The zero-order chi connectivity index (χ0) is 29.0. The van der Waals surface area contributed by atoms with Crippen molar-refractivity contribution in [2.24, 2.45) is 12.8 Å². The summed E-state index contributed by atoms with van der Waals surface area (Å²) in [5.74, 6) is -0.248. The second-order valence-electron chi connectivity index (χ2n) is 9.89. The highest BCUT2D eigenvalue weighted by molar-refractivity contribution is 5.81. The standard InChI is InChI=1S/C19H23N5O2.C9H11NO4/c1-24-18-15(16(23-24)11-6-4-3-5-7-11)19(25)22-17(21-18)13-9-8-12(20)10-14(13)26-2;10-6(9(13)14)3-5-1-2-7(11)8(12)4-5/h8-11H,3-7,20H2,1-2H3,(H,21,22,25);1-2,4,6,11-12H,3,10H2,(H,13,14)/t;6-/m.0/s1. The molecule has 0 amide bonds. The first kappa shape index (κ1) is 28.4. The lowest BCUT2D eigenvalue weighted by molar-refractivity contribution is -0.138. The average Bonchev–Trinajstić information content (AvgIpc) is 3.28. The molecule has 1 fully saturated rings. The molecule has 0 unspecified atom stereocenters. The maximum Gasteiger partial charge on any atom is 0.320 e. The Hall–Kier alpha value is -4.58. The number of hydrogen-bond acceptors (Lipinski definition) is 9. The number of aromatic nitrogens is 4. The molecule has 1 atom stereocenters. The zero-order valence-corrected chi connectivity index (χ0v) is 22.4. The molecule has 1 aliphatic carbocycles. The van der Waals surface area contributed by atoms with E-state index in [1.807, 2.05) is 7.05 Å². The maximum absolute atomic E-state index is 12.9. The SMILES string of the molecule is COc1cc(N)ccc1-c1nc2c(c(C3CCCCC3)nn2C)c(=O)[nH]1.N[C@@H](Cc1ccc(O)c(O)c1)C(=O)O. The van der Waals surface area contributed by atoms with Crippen LogP contribution in [0.5, 0.6) is 17.2 Å². The third-order valence-electron chi connectivity index (χ3n) is 7.01. The Morgan fingerprint density at radius 3 is 2.52 bits per heavy atom. The van der Waals surface area contributed by atoms with Gasteiger partial charge in [-0.05, 0) is 49.1 Å². The number of anilines is 1. The number of carbonyl (C=O) groups is 1. The second kappa shape index (κ2) is 12.1. The van der Waals surface area contributed by atoms with Gasteiger partial charge in [0.15, 0.2) is 17.1 Å². The normalized spacial score (nSPS) is 14.4. The number of nitrogens with zero attached hydrogens (tertiary/aromatic N) is 3. The molecule has 12 heteroatoms. The minimum atomic E-state index is -1.10. The van der Waals surface area contributed by atoms with Crippen LogP contribution in [0.3, 0.4) is 0 Å². The number of aliphatic carboxylic acids is 1. The Kier molecular flexibility index (Phi) is 8.58. The molecule has 2 aromatic heterocycles. The van der Waals surface area contributed by atoms with Gasteiger partial charge < -0.3 is 36.5 Å².